The SMILES string of the molecule is C=C(C)CO[C@@H](C[C@H](Cc1ccccc1)NC(=O)[C@@H](NC(=O)N(C)Cc1ccccn1)C(C)C)[C@H](Cc1ccccc1)NC(=O)[C@@H](NC(=O)N(C)Cc1ccccn1)C(C)C. The highest BCUT2D eigenvalue weighted by Gasteiger charge is 2.34. The Kier molecular flexibility index (Phi) is 18.9. The fraction of sp³-hybridized carbons (Fsp3) is 0.417. The van der Waals surface area contributed by atoms with Gasteiger partial charge in [-0.2, -0.15) is 0 Å². The molecule has 6 amide bonds. The summed E-state index contributed by atoms with van der Waals surface area (Å²) in [5.74, 6) is -1.19. The molecular weight excluding hydrogens is 769 g/mol. The first-order chi connectivity index (χ1) is 29.2. The van der Waals surface area contributed by atoms with Crippen LogP contribution in [-0.2, 0) is 40.3 Å². The van der Waals surface area contributed by atoms with Gasteiger partial charge in [-0.1, -0.05) is 113 Å². The first-order valence-electron chi connectivity index (χ1n) is 21.0. The van der Waals surface area contributed by atoms with Crippen molar-refractivity contribution < 1.29 is 23.9 Å². The Morgan fingerprint density at radius 2 is 1.07 bits per heavy atom. The molecule has 0 unspecified atom stereocenters. The van der Waals surface area contributed by atoms with Crippen molar-refractivity contribution >= 4 is 23.9 Å². The molecule has 326 valence electrons. The molecule has 0 saturated heterocycles. The van der Waals surface area contributed by atoms with E-state index in [1.165, 1.54) is 9.80 Å². The second kappa shape index (κ2) is 24.2. The minimum Gasteiger partial charge on any atom is -0.372 e. The molecular formula is C48H64N8O5. The van der Waals surface area contributed by atoms with Crippen molar-refractivity contribution in [2.75, 3.05) is 20.7 Å². The normalized spacial score (nSPS) is 13.6. The van der Waals surface area contributed by atoms with Crippen molar-refractivity contribution in [1.82, 2.24) is 41.0 Å². The van der Waals surface area contributed by atoms with Gasteiger partial charge in [0, 0.05) is 32.5 Å². The predicted octanol–water partition coefficient (Wildman–Crippen LogP) is 6.32. The van der Waals surface area contributed by atoms with Crippen molar-refractivity contribution in [1.29, 1.82) is 0 Å². The fourth-order valence-electron chi connectivity index (χ4n) is 6.85. The Morgan fingerprint density at radius 1 is 0.623 bits per heavy atom. The smallest absolute Gasteiger partial charge is 0.318 e. The molecule has 2 aromatic heterocycles. The zero-order valence-corrected chi connectivity index (χ0v) is 36.7. The molecule has 0 radical (unpaired) electrons. The highest BCUT2D eigenvalue weighted by Crippen LogP contribution is 2.19. The molecule has 4 rings (SSSR count). The maximum absolute atomic E-state index is 14.4. The monoisotopic (exact) mass is 832 g/mol. The predicted molar refractivity (Wildman–Crippen MR) is 239 cm³/mol. The summed E-state index contributed by atoms with van der Waals surface area (Å²) in [7, 11) is 3.33. The van der Waals surface area contributed by atoms with Gasteiger partial charge in [0.1, 0.15) is 12.1 Å². The molecule has 2 heterocycles. The van der Waals surface area contributed by atoms with Gasteiger partial charge in [0.15, 0.2) is 0 Å². The molecule has 5 atom stereocenters. The standard InChI is InChI=1S/C48H64N8O5/c1-33(2)32-61-42(41(28-37-21-13-10-14-22-37)52-46(58)44(35(5)6)54-48(60)56(8)31-39-24-16-18-26-50-39)29-40(27-36-19-11-9-12-20-36)51-45(57)43(34(3)4)53-47(59)55(7)30-38-23-15-17-25-49-38/h9-26,34-35,40-44H,1,27-32H2,2-8H3,(H,51,57)(H,52,58)(H,53,59)(H,54,60)/t40-,41-,42-,43-,44-/m0/s1. The van der Waals surface area contributed by atoms with E-state index >= 15 is 0 Å². The third-order valence-electron chi connectivity index (χ3n) is 10.2. The van der Waals surface area contributed by atoms with Crippen LogP contribution in [0.2, 0.25) is 0 Å². The summed E-state index contributed by atoms with van der Waals surface area (Å²) in [5.41, 5.74) is 4.20. The van der Waals surface area contributed by atoms with Crippen LogP contribution in [0.5, 0.6) is 0 Å². The zero-order chi connectivity index (χ0) is 44.3. The summed E-state index contributed by atoms with van der Waals surface area (Å²) in [6.07, 6.45) is 3.89. The molecule has 0 fully saturated rings. The number of nitrogens with zero attached hydrogens (tertiary/aromatic N) is 4. The highest BCUT2D eigenvalue weighted by atomic mass is 16.5. The van der Waals surface area contributed by atoms with E-state index in [9.17, 15) is 19.2 Å². The quantitative estimate of drug-likeness (QED) is 0.0676. The largest absolute Gasteiger partial charge is 0.372 e. The Balaban J connectivity index is 1.62. The average molecular weight is 833 g/mol. The molecule has 0 aliphatic rings. The summed E-state index contributed by atoms with van der Waals surface area (Å²) in [6, 6.07) is 27.1. The van der Waals surface area contributed by atoms with E-state index in [0.717, 1.165) is 28.1 Å². The third kappa shape index (κ3) is 16.1. The van der Waals surface area contributed by atoms with Crippen LogP contribution in [0.3, 0.4) is 0 Å². The molecule has 0 aliphatic heterocycles. The number of carbonyl (C=O) groups excluding carboxylic acids is 4. The number of ether oxygens (including phenoxy) is 1. The first kappa shape index (κ1) is 47.6. The Bertz CT molecular complexity index is 1970. The number of rotatable bonds is 22. The number of urea groups is 2. The number of carbonyl (C=O) groups is 4. The lowest BCUT2D eigenvalue weighted by atomic mass is 9.92. The highest BCUT2D eigenvalue weighted by molar-refractivity contribution is 5.88. The molecule has 13 nitrogen and oxygen atoms in total. The Hall–Kier alpha value is -6.08. The molecule has 4 N–H and O–H groups in total. The average Bonchev–Trinajstić information content (AvgIpc) is 3.23. The topological polar surface area (TPSA) is 158 Å². The Labute approximate surface area is 361 Å². The molecule has 0 spiro atoms. The third-order valence-corrected chi connectivity index (χ3v) is 10.2. The molecule has 2 aromatic carbocycles. The summed E-state index contributed by atoms with van der Waals surface area (Å²) in [5, 5.41) is 12.4. The lowest BCUT2D eigenvalue weighted by Gasteiger charge is -2.34. The van der Waals surface area contributed by atoms with Crippen molar-refractivity contribution in [3.05, 3.63) is 144 Å². The van der Waals surface area contributed by atoms with Crippen molar-refractivity contribution in [3.8, 4) is 0 Å². The fourth-order valence-corrected chi connectivity index (χ4v) is 6.85. The summed E-state index contributed by atoms with van der Waals surface area (Å²) in [4.78, 5) is 67.2. The van der Waals surface area contributed by atoms with E-state index in [1.807, 2.05) is 132 Å². The van der Waals surface area contributed by atoms with Gasteiger partial charge in [0.2, 0.25) is 11.8 Å². The number of hydrogen-bond donors (Lipinski definition) is 4. The van der Waals surface area contributed by atoms with Gasteiger partial charge < -0.3 is 35.8 Å². The van der Waals surface area contributed by atoms with E-state index < -0.39 is 42.3 Å². The van der Waals surface area contributed by atoms with Gasteiger partial charge in [0.05, 0.1) is 43.2 Å². The van der Waals surface area contributed by atoms with Crippen LogP contribution in [0.4, 0.5) is 9.59 Å². The van der Waals surface area contributed by atoms with Crippen LogP contribution in [0, 0.1) is 11.8 Å². The second-order valence-electron chi connectivity index (χ2n) is 16.4. The Morgan fingerprint density at radius 3 is 1.49 bits per heavy atom. The maximum atomic E-state index is 14.4. The minimum atomic E-state index is -0.871. The van der Waals surface area contributed by atoms with Gasteiger partial charge >= 0.3 is 12.1 Å². The summed E-state index contributed by atoms with van der Waals surface area (Å²) in [6.45, 7) is 14.3. The second-order valence-corrected chi connectivity index (χ2v) is 16.4. The molecule has 0 aliphatic carbocycles. The summed E-state index contributed by atoms with van der Waals surface area (Å²) >= 11 is 0. The molecule has 4 aromatic rings. The van der Waals surface area contributed by atoms with Gasteiger partial charge in [-0.3, -0.25) is 19.6 Å². The number of benzene rings is 2. The first-order valence-corrected chi connectivity index (χ1v) is 21.0. The molecule has 13 heteroatoms. The van der Waals surface area contributed by atoms with Crippen LogP contribution < -0.4 is 21.3 Å². The summed E-state index contributed by atoms with van der Waals surface area (Å²) < 4.78 is 6.62. The van der Waals surface area contributed by atoms with Crippen molar-refractivity contribution in [2.24, 2.45) is 11.8 Å². The molecule has 61 heavy (non-hydrogen) atoms. The van der Waals surface area contributed by atoms with Crippen LogP contribution >= 0.6 is 0 Å². The number of aromatic nitrogens is 2. The minimum absolute atomic E-state index is 0.216. The van der Waals surface area contributed by atoms with E-state index in [4.69, 9.17) is 4.74 Å². The van der Waals surface area contributed by atoms with Crippen molar-refractivity contribution in [2.45, 2.75) is 97.2 Å². The number of hydrogen-bond acceptors (Lipinski definition) is 7. The lowest BCUT2D eigenvalue weighted by Crippen LogP contribution is -2.58. The zero-order valence-electron chi connectivity index (χ0n) is 36.7. The van der Waals surface area contributed by atoms with Crippen molar-refractivity contribution in [3.63, 3.8) is 0 Å². The van der Waals surface area contributed by atoms with Gasteiger partial charge in [-0.25, -0.2) is 9.59 Å². The lowest BCUT2D eigenvalue weighted by molar-refractivity contribution is -0.127. The van der Waals surface area contributed by atoms with E-state index in [2.05, 4.69) is 37.8 Å². The maximum Gasteiger partial charge on any atom is 0.318 e. The van der Waals surface area contributed by atoms with Gasteiger partial charge in [-0.15, -0.1) is 0 Å². The molecule has 0 bridgehead atoms. The van der Waals surface area contributed by atoms with Gasteiger partial charge in [0.25, 0.3) is 0 Å². The van der Waals surface area contributed by atoms with Crippen LogP contribution in [0.25, 0.3) is 0 Å². The molecule has 0 saturated carbocycles. The van der Waals surface area contributed by atoms with E-state index in [0.29, 0.717) is 19.3 Å². The number of amides is 6. The van der Waals surface area contributed by atoms with Crippen LogP contribution in [-0.4, -0.2) is 94.6 Å². The van der Waals surface area contributed by atoms with Crippen LogP contribution in [0.1, 0.15) is 63.6 Å². The van der Waals surface area contributed by atoms with Gasteiger partial charge in [-0.05, 0) is 73.4 Å². The van der Waals surface area contributed by atoms with Crippen LogP contribution in [0.15, 0.2) is 122 Å². The number of pyridine rings is 2. The van der Waals surface area contributed by atoms with E-state index in [1.54, 1.807) is 26.5 Å². The van der Waals surface area contributed by atoms with E-state index in [-0.39, 0.29) is 43.3 Å². The number of nitrogens with one attached hydrogen (secondary N) is 4.